The van der Waals surface area contributed by atoms with E-state index in [1.165, 1.54) is 0 Å². The van der Waals surface area contributed by atoms with Gasteiger partial charge < -0.3 is 5.73 Å². The van der Waals surface area contributed by atoms with Crippen molar-refractivity contribution in [2.45, 2.75) is 48.0 Å². The van der Waals surface area contributed by atoms with Gasteiger partial charge in [-0.05, 0) is 23.5 Å². The fourth-order valence-electron chi connectivity index (χ4n) is 2.31. The predicted octanol–water partition coefficient (Wildman–Crippen LogP) is 4.11. The first-order chi connectivity index (χ1) is 10.9. The van der Waals surface area contributed by atoms with E-state index in [1.54, 1.807) is 4.52 Å². The van der Waals surface area contributed by atoms with Gasteiger partial charge in [0.15, 0.2) is 11.5 Å². The fraction of sp³-hybridized carbons (Fsp3) is 0.500. The highest BCUT2D eigenvalue weighted by Crippen LogP contribution is 2.30. The lowest BCUT2D eigenvalue weighted by atomic mass is 9.78. The van der Waals surface area contributed by atoms with Gasteiger partial charge >= 0.3 is 0 Å². The van der Waals surface area contributed by atoms with Crippen molar-refractivity contribution in [3.05, 3.63) is 30.1 Å². The first-order valence-corrected chi connectivity index (χ1v) is 8.28. The Labute approximate surface area is 137 Å². The lowest BCUT2D eigenvalue weighted by molar-refractivity contribution is 0.243. The fourth-order valence-corrected chi connectivity index (χ4v) is 2.31. The topological polar surface area (TPSA) is 69.1 Å². The molecule has 0 radical (unpaired) electrons. The molecule has 3 aromatic rings. The van der Waals surface area contributed by atoms with Gasteiger partial charge in [-0.3, -0.25) is 0 Å². The number of nitrogen functional groups attached to an aromatic ring is 1. The number of nitrogens with two attached hydrogens (primary N) is 1. The molecule has 5 nitrogen and oxygen atoms in total. The average Bonchev–Trinajstić information content (AvgIpc) is 2.93. The SMILES string of the molecule is CC.CC(C)C(C)(C)Cc1nc2c3ccccc3nc(N)n2n1. The molecular weight excluding hydrogens is 286 g/mol. The van der Waals surface area contributed by atoms with Crippen LogP contribution in [0.5, 0.6) is 0 Å². The van der Waals surface area contributed by atoms with Crippen LogP contribution in [0.2, 0.25) is 0 Å². The number of hydrogen-bond donors (Lipinski definition) is 1. The van der Waals surface area contributed by atoms with Crippen molar-refractivity contribution >= 4 is 22.5 Å². The zero-order chi connectivity index (χ0) is 17.2. The summed E-state index contributed by atoms with van der Waals surface area (Å²) < 4.78 is 1.65. The van der Waals surface area contributed by atoms with E-state index in [-0.39, 0.29) is 5.41 Å². The molecule has 2 aromatic heterocycles. The van der Waals surface area contributed by atoms with Gasteiger partial charge in [-0.2, -0.15) is 4.52 Å². The molecular formula is C18H27N5. The lowest BCUT2D eigenvalue weighted by Gasteiger charge is -2.27. The maximum Gasteiger partial charge on any atom is 0.223 e. The Hall–Kier alpha value is -2.17. The first-order valence-electron chi connectivity index (χ1n) is 8.28. The zero-order valence-corrected chi connectivity index (χ0v) is 15.0. The first kappa shape index (κ1) is 17.2. The molecule has 3 rings (SSSR count). The number of nitrogens with zero attached hydrogens (tertiary/aromatic N) is 4. The smallest absolute Gasteiger partial charge is 0.223 e. The number of aromatic nitrogens is 4. The normalized spacial score (nSPS) is 11.8. The van der Waals surface area contributed by atoms with Crippen LogP contribution < -0.4 is 5.73 Å². The van der Waals surface area contributed by atoms with Crippen molar-refractivity contribution in [2.24, 2.45) is 11.3 Å². The summed E-state index contributed by atoms with van der Waals surface area (Å²) >= 11 is 0. The minimum absolute atomic E-state index is 0.142. The molecule has 0 atom stereocenters. The molecule has 0 aliphatic carbocycles. The number of fused-ring (bicyclic) bond motifs is 3. The lowest BCUT2D eigenvalue weighted by Crippen LogP contribution is -2.22. The highest BCUT2D eigenvalue weighted by Gasteiger charge is 2.25. The Bertz CT molecular complexity index is 802. The van der Waals surface area contributed by atoms with Crippen molar-refractivity contribution in [1.29, 1.82) is 0 Å². The van der Waals surface area contributed by atoms with E-state index < -0.39 is 0 Å². The second kappa shape index (κ2) is 6.52. The standard InChI is InChI=1S/C16H21N5.C2H6/c1-10(2)16(3,4)9-13-19-14-11-7-5-6-8-12(11)18-15(17)21(14)20-13;1-2/h5-8,10H,9H2,1-4H3,(H2,17,18);1-2H3. The molecule has 2 N–H and O–H groups in total. The Morgan fingerprint density at radius 3 is 2.43 bits per heavy atom. The van der Waals surface area contributed by atoms with Gasteiger partial charge in [-0.1, -0.05) is 53.7 Å². The number of benzene rings is 1. The van der Waals surface area contributed by atoms with Crippen molar-refractivity contribution < 1.29 is 0 Å². The van der Waals surface area contributed by atoms with Gasteiger partial charge in [0.05, 0.1) is 5.52 Å². The summed E-state index contributed by atoms with van der Waals surface area (Å²) in [6.07, 6.45) is 0.820. The Kier molecular flexibility index (Phi) is 4.88. The predicted molar refractivity (Wildman–Crippen MR) is 96.4 cm³/mol. The van der Waals surface area contributed by atoms with E-state index in [2.05, 4.69) is 37.8 Å². The third-order valence-corrected chi connectivity index (χ3v) is 4.42. The molecule has 0 saturated carbocycles. The molecule has 23 heavy (non-hydrogen) atoms. The summed E-state index contributed by atoms with van der Waals surface area (Å²) in [5, 5.41) is 5.53. The third kappa shape index (κ3) is 3.28. The zero-order valence-electron chi connectivity index (χ0n) is 15.0. The summed E-state index contributed by atoms with van der Waals surface area (Å²) in [7, 11) is 0. The Balaban J connectivity index is 0.000000924. The van der Waals surface area contributed by atoms with Gasteiger partial charge in [0, 0.05) is 11.8 Å². The van der Waals surface area contributed by atoms with Crippen LogP contribution in [-0.2, 0) is 6.42 Å². The van der Waals surface area contributed by atoms with Crippen molar-refractivity contribution in [1.82, 2.24) is 19.6 Å². The molecule has 0 aliphatic heterocycles. The van der Waals surface area contributed by atoms with Gasteiger partial charge in [-0.25, -0.2) is 9.97 Å². The minimum Gasteiger partial charge on any atom is -0.368 e. The van der Waals surface area contributed by atoms with Gasteiger partial charge in [0.2, 0.25) is 5.95 Å². The maximum absolute atomic E-state index is 6.01. The van der Waals surface area contributed by atoms with E-state index in [0.29, 0.717) is 11.9 Å². The summed E-state index contributed by atoms with van der Waals surface area (Å²) in [5.41, 5.74) is 7.79. The highest BCUT2D eigenvalue weighted by atomic mass is 15.3. The van der Waals surface area contributed by atoms with Crippen LogP contribution in [0.3, 0.4) is 0 Å². The van der Waals surface area contributed by atoms with E-state index >= 15 is 0 Å². The number of hydrogen-bond acceptors (Lipinski definition) is 4. The molecule has 0 bridgehead atoms. The minimum atomic E-state index is 0.142. The molecule has 1 aromatic carbocycles. The van der Waals surface area contributed by atoms with Gasteiger partial charge in [0.1, 0.15) is 0 Å². The van der Waals surface area contributed by atoms with Crippen LogP contribution in [0.1, 0.15) is 47.4 Å². The van der Waals surface area contributed by atoms with Crippen LogP contribution in [0, 0.1) is 11.3 Å². The molecule has 0 fully saturated rings. The van der Waals surface area contributed by atoms with Crippen molar-refractivity contribution in [3.8, 4) is 0 Å². The molecule has 0 unspecified atom stereocenters. The molecule has 0 aliphatic rings. The molecule has 2 heterocycles. The summed E-state index contributed by atoms with van der Waals surface area (Å²) in [4.78, 5) is 9.09. The van der Waals surface area contributed by atoms with Crippen LogP contribution in [-0.4, -0.2) is 19.6 Å². The van der Waals surface area contributed by atoms with Crippen molar-refractivity contribution in [2.75, 3.05) is 5.73 Å². The molecule has 0 saturated heterocycles. The molecule has 5 heteroatoms. The van der Waals surface area contributed by atoms with Gasteiger partial charge in [0.25, 0.3) is 0 Å². The van der Waals surface area contributed by atoms with Crippen LogP contribution in [0.4, 0.5) is 5.95 Å². The van der Waals surface area contributed by atoms with E-state index in [0.717, 1.165) is 28.8 Å². The Morgan fingerprint density at radius 2 is 1.78 bits per heavy atom. The van der Waals surface area contributed by atoms with Crippen molar-refractivity contribution in [3.63, 3.8) is 0 Å². The number of anilines is 1. The summed E-state index contributed by atoms with van der Waals surface area (Å²) in [6, 6.07) is 7.87. The molecule has 0 spiro atoms. The van der Waals surface area contributed by atoms with Crippen LogP contribution >= 0.6 is 0 Å². The van der Waals surface area contributed by atoms with Gasteiger partial charge in [-0.15, -0.1) is 5.10 Å². The average molecular weight is 313 g/mol. The van der Waals surface area contributed by atoms with E-state index in [9.17, 15) is 0 Å². The summed E-state index contributed by atoms with van der Waals surface area (Å²) in [6.45, 7) is 12.9. The van der Waals surface area contributed by atoms with Crippen LogP contribution in [0.15, 0.2) is 24.3 Å². The second-order valence-electron chi connectivity index (χ2n) is 6.57. The summed E-state index contributed by atoms with van der Waals surface area (Å²) in [5.74, 6) is 1.75. The third-order valence-electron chi connectivity index (χ3n) is 4.42. The maximum atomic E-state index is 6.01. The van der Waals surface area contributed by atoms with E-state index in [1.807, 2.05) is 38.1 Å². The van der Waals surface area contributed by atoms with E-state index in [4.69, 9.17) is 10.7 Å². The second-order valence-corrected chi connectivity index (χ2v) is 6.57. The number of rotatable bonds is 3. The monoisotopic (exact) mass is 313 g/mol. The largest absolute Gasteiger partial charge is 0.368 e. The quantitative estimate of drug-likeness (QED) is 0.790. The number of para-hydroxylation sites is 1. The molecule has 0 amide bonds. The molecule has 124 valence electrons. The highest BCUT2D eigenvalue weighted by molar-refractivity contribution is 5.92. The Morgan fingerprint density at radius 1 is 1.13 bits per heavy atom. The van der Waals surface area contributed by atoms with Crippen LogP contribution in [0.25, 0.3) is 16.6 Å².